The van der Waals surface area contributed by atoms with E-state index in [0.717, 1.165) is 55.5 Å². The Bertz CT molecular complexity index is 1100. The summed E-state index contributed by atoms with van der Waals surface area (Å²) in [4.78, 5) is 19.2. The summed E-state index contributed by atoms with van der Waals surface area (Å²) in [5.41, 5.74) is 2.32. The second-order valence-corrected chi connectivity index (χ2v) is 9.69. The van der Waals surface area contributed by atoms with Gasteiger partial charge in [-0.2, -0.15) is 0 Å². The third-order valence-electron chi connectivity index (χ3n) is 6.71. The third kappa shape index (κ3) is 6.19. The van der Waals surface area contributed by atoms with Crippen molar-refractivity contribution in [2.45, 2.75) is 31.3 Å². The summed E-state index contributed by atoms with van der Waals surface area (Å²) in [6, 6.07) is 16.0. The first-order valence-electron chi connectivity index (χ1n) is 12.3. The first kappa shape index (κ1) is 24.6. The number of benzene rings is 2. The highest BCUT2D eigenvalue weighted by Crippen LogP contribution is 2.31. The number of amides is 1. The third-order valence-corrected chi connectivity index (χ3v) is 6.96. The molecule has 9 heteroatoms. The van der Waals surface area contributed by atoms with Crippen molar-refractivity contribution in [3.8, 4) is 5.75 Å². The highest BCUT2D eigenvalue weighted by molar-refractivity contribution is 6.30. The van der Waals surface area contributed by atoms with Gasteiger partial charge in [-0.25, -0.2) is 4.98 Å². The Labute approximate surface area is 216 Å². The Morgan fingerprint density at radius 1 is 1.08 bits per heavy atom. The summed E-state index contributed by atoms with van der Waals surface area (Å²) < 4.78 is 20.8. The predicted octanol–water partition coefficient (Wildman–Crippen LogP) is 3.64. The lowest BCUT2D eigenvalue weighted by Gasteiger charge is -2.34. The van der Waals surface area contributed by atoms with Crippen LogP contribution in [-0.2, 0) is 27.2 Å². The average Bonchev–Trinajstić information content (AvgIpc) is 3.58. The number of nitrogens with zero attached hydrogens (tertiary/aromatic N) is 4. The quantitative estimate of drug-likeness (QED) is 0.388. The van der Waals surface area contributed by atoms with Crippen LogP contribution in [0.1, 0.15) is 12.0 Å². The van der Waals surface area contributed by atoms with Crippen molar-refractivity contribution in [2.75, 3.05) is 44.3 Å². The summed E-state index contributed by atoms with van der Waals surface area (Å²) in [5.74, 6) is 0.0455. The number of imidazole rings is 1. The molecule has 0 N–H and O–H groups in total. The summed E-state index contributed by atoms with van der Waals surface area (Å²) in [6.07, 6.45) is 7.72. The van der Waals surface area contributed by atoms with Gasteiger partial charge in [-0.1, -0.05) is 23.7 Å². The number of hydrogen-bond donors (Lipinski definition) is 0. The van der Waals surface area contributed by atoms with Gasteiger partial charge in [-0.3, -0.25) is 4.79 Å². The maximum Gasteiger partial charge on any atom is 0.209 e. The van der Waals surface area contributed by atoms with E-state index in [1.807, 2.05) is 47.2 Å². The molecule has 3 aromatic rings. The van der Waals surface area contributed by atoms with Crippen molar-refractivity contribution >= 4 is 23.7 Å². The lowest BCUT2D eigenvalue weighted by Crippen LogP contribution is -2.45. The highest BCUT2D eigenvalue weighted by atomic mass is 35.5. The lowest BCUT2D eigenvalue weighted by molar-refractivity contribution is -0.184. The number of halogens is 1. The van der Waals surface area contributed by atoms with E-state index in [0.29, 0.717) is 26.2 Å². The Balaban J connectivity index is 1.16. The van der Waals surface area contributed by atoms with Gasteiger partial charge < -0.3 is 28.6 Å². The summed E-state index contributed by atoms with van der Waals surface area (Å²) in [6.45, 7) is 4.60. The smallest absolute Gasteiger partial charge is 0.209 e. The van der Waals surface area contributed by atoms with Crippen LogP contribution in [0.25, 0.3) is 0 Å². The Kier molecular flexibility index (Phi) is 7.75. The van der Waals surface area contributed by atoms with Crippen molar-refractivity contribution in [1.82, 2.24) is 14.5 Å². The number of hydrogen-bond acceptors (Lipinski definition) is 6. The molecule has 5 rings (SSSR count). The minimum Gasteiger partial charge on any atom is -0.491 e. The van der Waals surface area contributed by atoms with Gasteiger partial charge in [0.15, 0.2) is 5.79 Å². The summed E-state index contributed by atoms with van der Waals surface area (Å²) in [7, 11) is 0. The molecular weight excluding hydrogens is 480 g/mol. The van der Waals surface area contributed by atoms with Crippen LogP contribution in [0.3, 0.4) is 0 Å². The fraction of sp³-hybridized carbons (Fsp3) is 0.407. The maximum atomic E-state index is 10.9. The fourth-order valence-corrected chi connectivity index (χ4v) is 4.79. The van der Waals surface area contributed by atoms with E-state index >= 15 is 0 Å². The van der Waals surface area contributed by atoms with E-state index in [9.17, 15) is 4.79 Å². The van der Waals surface area contributed by atoms with Crippen LogP contribution in [0, 0.1) is 0 Å². The van der Waals surface area contributed by atoms with Gasteiger partial charge in [0.2, 0.25) is 6.41 Å². The molecule has 0 spiro atoms. The molecule has 2 fully saturated rings. The second kappa shape index (κ2) is 11.3. The standard InChI is InChI=1S/C27H31ClN4O4/c28-23-3-1-22(2-4-23)9-10-27(19-31-12-11-29-20-31)35-18-26(36-27)17-34-25-7-5-24(6-8-25)32-15-13-30(21-33)14-16-32/h1-8,11-12,20-21,26H,9-10,13-19H2/t26-,27+/m1/s1. The van der Waals surface area contributed by atoms with Crippen molar-refractivity contribution in [2.24, 2.45) is 0 Å². The molecule has 2 saturated heterocycles. The maximum absolute atomic E-state index is 10.9. The molecule has 0 saturated carbocycles. The number of rotatable bonds is 10. The number of carbonyl (C=O) groups excluding carboxylic acids is 1. The number of ether oxygens (including phenoxy) is 3. The molecule has 2 atom stereocenters. The van der Waals surface area contributed by atoms with Crippen LogP contribution in [-0.4, -0.2) is 72.1 Å². The zero-order valence-corrected chi connectivity index (χ0v) is 20.9. The van der Waals surface area contributed by atoms with Crippen LogP contribution in [0.15, 0.2) is 67.3 Å². The molecule has 0 radical (unpaired) electrons. The van der Waals surface area contributed by atoms with Gasteiger partial charge in [-0.05, 0) is 48.4 Å². The zero-order valence-electron chi connectivity index (χ0n) is 20.2. The number of piperazine rings is 1. The minimum atomic E-state index is -0.748. The van der Waals surface area contributed by atoms with Crippen molar-refractivity contribution in [3.63, 3.8) is 0 Å². The molecule has 2 aliphatic heterocycles. The van der Waals surface area contributed by atoms with Crippen LogP contribution >= 0.6 is 11.6 Å². The zero-order chi connectivity index (χ0) is 24.8. The molecule has 0 unspecified atom stereocenters. The molecule has 8 nitrogen and oxygen atoms in total. The largest absolute Gasteiger partial charge is 0.491 e. The highest BCUT2D eigenvalue weighted by Gasteiger charge is 2.42. The summed E-state index contributed by atoms with van der Waals surface area (Å²) in [5, 5.41) is 0.728. The van der Waals surface area contributed by atoms with E-state index in [2.05, 4.69) is 22.0 Å². The van der Waals surface area contributed by atoms with E-state index in [1.54, 1.807) is 17.4 Å². The Hall–Kier alpha value is -3.07. The van der Waals surface area contributed by atoms with Crippen LogP contribution in [0.2, 0.25) is 5.02 Å². The first-order valence-corrected chi connectivity index (χ1v) is 12.7. The fourth-order valence-electron chi connectivity index (χ4n) is 4.66. The van der Waals surface area contributed by atoms with Crippen molar-refractivity contribution in [3.05, 3.63) is 77.8 Å². The molecule has 2 aliphatic rings. The number of anilines is 1. The topological polar surface area (TPSA) is 69.1 Å². The predicted molar refractivity (Wildman–Crippen MR) is 137 cm³/mol. The number of carbonyl (C=O) groups is 1. The Morgan fingerprint density at radius 3 is 2.56 bits per heavy atom. The van der Waals surface area contributed by atoms with E-state index in [4.69, 9.17) is 25.8 Å². The molecule has 1 aromatic heterocycles. The Morgan fingerprint density at radius 2 is 1.86 bits per heavy atom. The summed E-state index contributed by atoms with van der Waals surface area (Å²) >= 11 is 6.04. The van der Waals surface area contributed by atoms with E-state index < -0.39 is 5.79 Å². The molecule has 0 aliphatic carbocycles. The average molecular weight is 511 g/mol. The molecule has 1 amide bonds. The van der Waals surface area contributed by atoms with E-state index in [1.165, 1.54) is 5.56 Å². The molecule has 2 aromatic carbocycles. The number of aryl methyl sites for hydroxylation is 1. The van der Waals surface area contributed by atoms with Crippen LogP contribution in [0.5, 0.6) is 5.75 Å². The van der Waals surface area contributed by atoms with Crippen molar-refractivity contribution in [1.29, 1.82) is 0 Å². The normalized spacial score (nSPS) is 22.1. The van der Waals surface area contributed by atoms with Gasteiger partial charge in [0, 0.05) is 55.7 Å². The molecular formula is C27H31ClN4O4. The lowest BCUT2D eigenvalue weighted by atomic mass is 10.0. The van der Waals surface area contributed by atoms with Crippen LogP contribution < -0.4 is 9.64 Å². The second-order valence-electron chi connectivity index (χ2n) is 9.26. The molecule has 190 valence electrons. The monoisotopic (exact) mass is 510 g/mol. The molecule has 36 heavy (non-hydrogen) atoms. The SMILES string of the molecule is O=CN1CCN(c2ccc(OC[C@@H]3CO[C@](CCc4ccc(Cl)cc4)(Cn4ccnc4)O3)cc2)CC1. The molecule has 3 heterocycles. The van der Waals surface area contributed by atoms with Gasteiger partial charge >= 0.3 is 0 Å². The van der Waals surface area contributed by atoms with Gasteiger partial charge in [0.25, 0.3) is 0 Å². The van der Waals surface area contributed by atoms with Gasteiger partial charge in [0.05, 0.1) is 19.5 Å². The van der Waals surface area contributed by atoms with Crippen LogP contribution in [0.4, 0.5) is 5.69 Å². The van der Waals surface area contributed by atoms with E-state index in [-0.39, 0.29) is 6.10 Å². The first-order chi connectivity index (χ1) is 17.6. The van der Waals surface area contributed by atoms with Gasteiger partial charge in [-0.15, -0.1) is 0 Å². The molecule has 0 bridgehead atoms. The number of aromatic nitrogens is 2. The van der Waals surface area contributed by atoms with Gasteiger partial charge in [0.1, 0.15) is 18.5 Å². The van der Waals surface area contributed by atoms with Crippen molar-refractivity contribution < 1.29 is 19.0 Å². The minimum absolute atomic E-state index is 0.171.